The van der Waals surface area contributed by atoms with E-state index in [1.807, 2.05) is 29.5 Å². The number of aliphatic carboxylic acids is 1. The summed E-state index contributed by atoms with van der Waals surface area (Å²) >= 11 is 1.83. The van der Waals surface area contributed by atoms with Gasteiger partial charge in [-0.2, -0.15) is 0 Å². The Balaban J connectivity index is 1.33. The van der Waals surface area contributed by atoms with E-state index in [9.17, 15) is 9.90 Å². The Bertz CT molecular complexity index is 1120. The maximum absolute atomic E-state index is 15.4. The largest absolute Gasteiger partial charge is 0.497 e. The molecule has 5 nitrogen and oxygen atoms in total. The van der Waals surface area contributed by atoms with Crippen LogP contribution in [0.4, 0.5) is 4.39 Å². The summed E-state index contributed by atoms with van der Waals surface area (Å²) in [6, 6.07) is 11.5. The van der Waals surface area contributed by atoms with Gasteiger partial charge in [-0.3, -0.25) is 9.78 Å². The van der Waals surface area contributed by atoms with Crippen LogP contribution >= 0.6 is 11.3 Å². The van der Waals surface area contributed by atoms with Crippen molar-refractivity contribution in [3.05, 3.63) is 57.9 Å². The number of likely N-dealkylation sites (tertiary alicyclic amines) is 1. The standard InChI is InChI=1S/C27H33FN2O3S/c1-18-5-8-21(34-18)4-3-14-30-15-12-19(24(17-30)27(31)32)6-9-25(28)22-11-13-29-26-10-7-20(33-2)16-23(22)26/h5,7-8,10-11,13,16,19,24-25H,3-4,6,9,12,14-15,17H2,1-2H3,(H,31,32)/t19-,24+,25?/m1/s1. The quantitative estimate of drug-likeness (QED) is 0.379. The zero-order chi connectivity index (χ0) is 24.1. The van der Waals surface area contributed by atoms with Crippen molar-refractivity contribution in [2.45, 2.75) is 45.2 Å². The zero-order valence-corrected chi connectivity index (χ0v) is 20.7. The van der Waals surface area contributed by atoms with Gasteiger partial charge in [0, 0.05) is 27.9 Å². The minimum Gasteiger partial charge on any atom is -0.497 e. The summed E-state index contributed by atoms with van der Waals surface area (Å²) in [6.07, 6.45) is 4.20. The zero-order valence-electron chi connectivity index (χ0n) is 19.9. The normalized spacial score (nSPS) is 19.9. The van der Waals surface area contributed by atoms with Gasteiger partial charge in [0.2, 0.25) is 0 Å². The van der Waals surface area contributed by atoms with Crippen LogP contribution in [0.15, 0.2) is 42.6 Å². The minimum absolute atomic E-state index is 0.00502. The minimum atomic E-state index is -1.17. The summed E-state index contributed by atoms with van der Waals surface area (Å²) in [5.41, 5.74) is 1.33. The van der Waals surface area contributed by atoms with Gasteiger partial charge in [0.15, 0.2) is 0 Å². The molecule has 0 aliphatic carbocycles. The van der Waals surface area contributed by atoms with Gasteiger partial charge in [0.05, 0.1) is 18.5 Å². The Hall–Kier alpha value is -2.51. The lowest BCUT2D eigenvalue weighted by molar-refractivity contribution is -0.146. The van der Waals surface area contributed by atoms with E-state index >= 15 is 4.39 Å². The maximum atomic E-state index is 15.4. The Kier molecular flexibility index (Phi) is 8.16. The van der Waals surface area contributed by atoms with E-state index in [0.29, 0.717) is 30.7 Å². The lowest BCUT2D eigenvalue weighted by atomic mass is 9.81. The van der Waals surface area contributed by atoms with Crippen molar-refractivity contribution in [1.82, 2.24) is 9.88 Å². The number of halogens is 1. The topological polar surface area (TPSA) is 62.7 Å². The van der Waals surface area contributed by atoms with Crippen LogP contribution in [0.3, 0.4) is 0 Å². The molecule has 1 N–H and O–H groups in total. The van der Waals surface area contributed by atoms with E-state index in [1.54, 1.807) is 19.4 Å². The van der Waals surface area contributed by atoms with Crippen LogP contribution in [-0.4, -0.2) is 47.7 Å². The number of carboxylic acid groups (broad SMARTS) is 1. The third-order valence-electron chi connectivity index (χ3n) is 6.96. The Morgan fingerprint density at radius 1 is 1.32 bits per heavy atom. The number of rotatable bonds is 10. The first-order chi connectivity index (χ1) is 16.4. The number of hydrogen-bond acceptors (Lipinski definition) is 5. The molecule has 182 valence electrons. The van der Waals surface area contributed by atoms with Crippen LogP contribution in [0.1, 0.15) is 47.2 Å². The summed E-state index contributed by atoms with van der Waals surface area (Å²) in [7, 11) is 1.59. The number of aromatic nitrogens is 1. The Morgan fingerprint density at radius 3 is 2.91 bits per heavy atom. The van der Waals surface area contributed by atoms with Crippen molar-refractivity contribution in [3.63, 3.8) is 0 Å². The summed E-state index contributed by atoms with van der Waals surface area (Å²) in [6.45, 7) is 4.45. The number of carbonyl (C=O) groups is 1. The van der Waals surface area contributed by atoms with E-state index < -0.39 is 18.1 Å². The van der Waals surface area contributed by atoms with Crippen molar-refractivity contribution in [2.24, 2.45) is 11.8 Å². The molecule has 0 radical (unpaired) electrons. The first kappa shape index (κ1) is 24.6. The van der Waals surface area contributed by atoms with Crippen LogP contribution in [0.2, 0.25) is 0 Å². The summed E-state index contributed by atoms with van der Waals surface area (Å²) in [4.78, 5) is 21.3. The van der Waals surface area contributed by atoms with Gasteiger partial charge < -0.3 is 14.7 Å². The van der Waals surface area contributed by atoms with Gasteiger partial charge in [0.1, 0.15) is 11.9 Å². The monoisotopic (exact) mass is 484 g/mol. The Labute approximate surface area is 204 Å². The first-order valence-electron chi connectivity index (χ1n) is 12.0. The second-order valence-electron chi connectivity index (χ2n) is 9.24. The number of carboxylic acids is 1. The van der Waals surface area contributed by atoms with Crippen LogP contribution in [0.25, 0.3) is 10.9 Å². The van der Waals surface area contributed by atoms with Gasteiger partial charge in [-0.25, -0.2) is 4.39 Å². The number of methoxy groups -OCH3 is 1. The highest BCUT2D eigenvalue weighted by atomic mass is 32.1. The molecule has 0 amide bonds. The lowest BCUT2D eigenvalue weighted by Gasteiger charge is -2.36. The number of piperidine rings is 1. The summed E-state index contributed by atoms with van der Waals surface area (Å²) in [5.74, 6) is -0.548. The predicted molar refractivity (Wildman–Crippen MR) is 134 cm³/mol. The highest BCUT2D eigenvalue weighted by Crippen LogP contribution is 2.35. The first-order valence-corrected chi connectivity index (χ1v) is 12.8. The number of thiophene rings is 1. The smallest absolute Gasteiger partial charge is 0.308 e. The van der Waals surface area contributed by atoms with Gasteiger partial charge in [-0.1, -0.05) is 0 Å². The molecule has 1 aliphatic heterocycles. The van der Waals surface area contributed by atoms with Crippen molar-refractivity contribution in [2.75, 3.05) is 26.7 Å². The van der Waals surface area contributed by atoms with Crippen LogP contribution in [0.5, 0.6) is 5.75 Å². The fourth-order valence-corrected chi connectivity index (χ4v) is 5.99. The van der Waals surface area contributed by atoms with Crippen molar-refractivity contribution in [1.29, 1.82) is 0 Å². The second-order valence-corrected chi connectivity index (χ2v) is 10.6. The molecule has 2 aromatic heterocycles. The summed E-state index contributed by atoms with van der Waals surface area (Å²) < 4.78 is 20.7. The number of alkyl halides is 1. The Morgan fingerprint density at radius 2 is 2.18 bits per heavy atom. The molecule has 0 saturated carbocycles. The van der Waals surface area contributed by atoms with E-state index in [-0.39, 0.29) is 5.92 Å². The van der Waals surface area contributed by atoms with Crippen LogP contribution < -0.4 is 4.74 Å². The number of benzene rings is 1. The molecular formula is C27H33FN2O3S. The van der Waals surface area contributed by atoms with E-state index in [1.165, 1.54) is 9.75 Å². The fourth-order valence-electron chi connectivity index (χ4n) is 5.06. The molecule has 1 fully saturated rings. The van der Waals surface area contributed by atoms with Gasteiger partial charge in [-0.05, 0) is 100.0 Å². The van der Waals surface area contributed by atoms with Gasteiger partial charge >= 0.3 is 5.97 Å². The molecule has 3 atom stereocenters. The van der Waals surface area contributed by atoms with Gasteiger partial charge in [0.25, 0.3) is 0 Å². The number of hydrogen-bond donors (Lipinski definition) is 1. The van der Waals surface area contributed by atoms with Crippen LogP contribution in [-0.2, 0) is 11.2 Å². The van der Waals surface area contributed by atoms with E-state index in [4.69, 9.17) is 4.74 Å². The molecule has 3 heterocycles. The molecule has 1 unspecified atom stereocenters. The fraction of sp³-hybridized carbons (Fsp3) is 0.481. The van der Waals surface area contributed by atoms with Crippen LogP contribution in [0, 0.1) is 18.8 Å². The predicted octanol–water partition coefficient (Wildman–Crippen LogP) is 6.06. The summed E-state index contributed by atoms with van der Waals surface area (Å²) in [5, 5.41) is 10.6. The number of fused-ring (bicyclic) bond motifs is 1. The molecule has 1 saturated heterocycles. The highest BCUT2D eigenvalue weighted by Gasteiger charge is 2.34. The number of nitrogens with zero attached hydrogens (tertiary/aromatic N) is 2. The number of pyridine rings is 1. The third-order valence-corrected chi connectivity index (χ3v) is 8.02. The average molecular weight is 485 g/mol. The third kappa shape index (κ3) is 5.94. The van der Waals surface area contributed by atoms with E-state index in [0.717, 1.165) is 43.3 Å². The highest BCUT2D eigenvalue weighted by molar-refractivity contribution is 7.11. The molecule has 34 heavy (non-hydrogen) atoms. The SMILES string of the molecule is COc1ccc2nccc(C(F)CC[C@@H]3CCN(CCCc4ccc(C)s4)C[C@@H]3C(=O)O)c2c1. The molecule has 3 aromatic rings. The average Bonchev–Trinajstić information content (AvgIpc) is 3.26. The second kappa shape index (κ2) is 11.3. The maximum Gasteiger partial charge on any atom is 0.308 e. The molecule has 4 rings (SSSR count). The molecular weight excluding hydrogens is 451 g/mol. The molecule has 0 spiro atoms. The van der Waals surface area contributed by atoms with Crippen molar-refractivity contribution < 1.29 is 19.0 Å². The molecule has 0 bridgehead atoms. The van der Waals surface area contributed by atoms with Gasteiger partial charge in [-0.15, -0.1) is 11.3 Å². The number of aryl methyl sites for hydroxylation is 2. The number of ether oxygens (including phenoxy) is 1. The van der Waals surface area contributed by atoms with Crippen molar-refractivity contribution >= 4 is 28.2 Å². The lowest BCUT2D eigenvalue weighted by Crippen LogP contribution is -2.44. The molecule has 1 aliphatic rings. The van der Waals surface area contributed by atoms with E-state index in [2.05, 4.69) is 28.9 Å². The molecule has 7 heteroatoms. The molecule has 1 aromatic carbocycles. The van der Waals surface area contributed by atoms with Crippen molar-refractivity contribution in [3.8, 4) is 5.75 Å².